The van der Waals surface area contributed by atoms with Crippen LogP contribution in [0.25, 0.3) is 0 Å². The number of anilines is 2. The van der Waals surface area contributed by atoms with E-state index in [-0.39, 0.29) is 23.7 Å². The van der Waals surface area contributed by atoms with Crippen molar-refractivity contribution in [2.45, 2.75) is 45.7 Å². The maximum atomic E-state index is 13.0. The first-order valence-electron chi connectivity index (χ1n) is 10.5. The summed E-state index contributed by atoms with van der Waals surface area (Å²) in [5.41, 5.74) is 4.08. The van der Waals surface area contributed by atoms with Crippen molar-refractivity contribution in [3.63, 3.8) is 0 Å². The van der Waals surface area contributed by atoms with Crippen LogP contribution in [0.15, 0.2) is 42.5 Å². The molecule has 0 unspecified atom stereocenters. The van der Waals surface area contributed by atoms with Crippen LogP contribution in [0, 0.1) is 5.41 Å². The maximum Gasteiger partial charge on any atom is 0.253 e. The van der Waals surface area contributed by atoms with E-state index in [4.69, 9.17) is 11.6 Å². The normalized spacial score (nSPS) is 16.0. The fraction of sp³-hybridized carbons (Fsp3) is 0.417. The van der Waals surface area contributed by atoms with Crippen LogP contribution >= 0.6 is 11.6 Å². The topological polar surface area (TPSA) is 61.4 Å². The highest BCUT2D eigenvalue weighted by Gasteiger charge is 2.29. The van der Waals surface area contributed by atoms with Crippen molar-refractivity contribution >= 4 is 34.8 Å². The number of hydrogen-bond donors (Lipinski definition) is 2. The number of benzene rings is 2. The van der Waals surface area contributed by atoms with E-state index in [0.29, 0.717) is 11.3 Å². The maximum absolute atomic E-state index is 13.0. The minimum Gasteiger partial charge on any atom is -0.366 e. The Bertz CT molecular complexity index is 969. The quantitative estimate of drug-likeness (QED) is 0.676. The molecule has 0 spiro atoms. The van der Waals surface area contributed by atoms with E-state index >= 15 is 0 Å². The van der Waals surface area contributed by atoms with Gasteiger partial charge in [-0.2, -0.15) is 0 Å². The van der Waals surface area contributed by atoms with Gasteiger partial charge >= 0.3 is 0 Å². The van der Waals surface area contributed by atoms with Gasteiger partial charge in [0.15, 0.2) is 0 Å². The molecule has 2 aromatic carbocycles. The average Bonchev–Trinajstić information content (AvgIpc) is 3.57. The van der Waals surface area contributed by atoms with E-state index in [1.807, 2.05) is 12.1 Å². The van der Waals surface area contributed by atoms with Gasteiger partial charge in [0, 0.05) is 36.4 Å². The molecule has 1 heterocycles. The minimum absolute atomic E-state index is 0.0842. The van der Waals surface area contributed by atoms with Crippen LogP contribution in [-0.4, -0.2) is 30.3 Å². The number of carbonyl (C=O) groups is 2. The molecule has 1 aliphatic carbocycles. The highest BCUT2D eigenvalue weighted by molar-refractivity contribution is 6.20. The van der Waals surface area contributed by atoms with Crippen molar-refractivity contribution in [1.29, 1.82) is 0 Å². The SMILES string of the molecule is CC(C)(CCl)C(=O)Nc1ccc(N2CCc3ccccc3C2)c(C(=O)NC2CC2)c1. The summed E-state index contributed by atoms with van der Waals surface area (Å²) in [5, 5.41) is 6.01. The van der Waals surface area contributed by atoms with Gasteiger partial charge in [-0.3, -0.25) is 9.59 Å². The third-order valence-electron chi connectivity index (χ3n) is 5.83. The van der Waals surface area contributed by atoms with Crippen LogP contribution in [-0.2, 0) is 17.8 Å². The first-order valence-corrected chi connectivity index (χ1v) is 11.0. The number of rotatable bonds is 6. The number of halogens is 1. The van der Waals surface area contributed by atoms with Gasteiger partial charge in [0.25, 0.3) is 5.91 Å². The van der Waals surface area contributed by atoms with E-state index in [1.165, 1.54) is 11.1 Å². The number of carbonyl (C=O) groups excluding carboxylic acids is 2. The lowest BCUT2D eigenvalue weighted by atomic mass is 9.95. The molecule has 6 heteroatoms. The highest BCUT2D eigenvalue weighted by atomic mass is 35.5. The molecule has 2 amide bonds. The molecule has 0 atom stereocenters. The van der Waals surface area contributed by atoms with Gasteiger partial charge in [0.1, 0.15) is 0 Å². The lowest BCUT2D eigenvalue weighted by Crippen LogP contribution is -2.34. The predicted molar refractivity (Wildman–Crippen MR) is 121 cm³/mol. The second-order valence-electron chi connectivity index (χ2n) is 8.89. The van der Waals surface area contributed by atoms with Gasteiger partial charge in [0.05, 0.1) is 11.0 Å². The van der Waals surface area contributed by atoms with Gasteiger partial charge in [-0.1, -0.05) is 24.3 Å². The zero-order chi connectivity index (χ0) is 21.3. The first-order chi connectivity index (χ1) is 14.4. The van der Waals surface area contributed by atoms with Crippen molar-refractivity contribution in [2.24, 2.45) is 5.41 Å². The van der Waals surface area contributed by atoms with Gasteiger partial charge < -0.3 is 15.5 Å². The third-order valence-corrected chi connectivity index (χ3v) is 6.50. The molecule has 1 fully saturated rings. The largest absolute Gasteiger partial charge is 0.366 e. The molecule has 1 saturated carbocycles. The van der Waals surface area contributed by atoms with E-state index in [9.17, 15) is 9.59 Å². The number of amides is 2. The molecule has 0 bridgehead atoms. The Balaban J connectivity index is 1.62. The lowest BCUT2D eigenvalue weighted by molar-refractivity contribution is -0.122. The van der Waals surface area contributed by atoms with E-state index < -0.39 is 5.41 Å². The molecule has 0 aromatic heterocycles. The van der Waals surface area contributed by atoms with Crippen molar-refractivity contribution in [3.8, 4) is 0 Å². The predicted octanol–water partition coefficient (Wildman–Crippen LogP) is 4.35. The third kappa shape index (κ3) is 4.46. The zero-order valence-corrected chi connectivity index (χ0v) is 18.3. The Morgan fingerprint density at radius 3 is 2.57 bits per heavy atom. The van der Waals surface area contributed by atoms with Crippen LogP contribution in [0.4, 0.5) is 11.4 Å². The monoisotopic (exact) mass is 425 g/mol. The van der Waals surface area contributed by atoms with Crippen molar-refractivity contribution in [1.82, 2.24) is 5.32 Å². The standard InChI is InChI=1S/C24H28ClN3O2/c1-24(2,15-25)23(30)27-19-9-10-21(20(13-19)22(29)26-18-7-8-18)28-12-11-16-5-3-4-6-17(16)14-28/h3-6,9-10,13,18H,7-8,11-12,14-15H2,1-2H3,(H,26,29)(H,27,30). The average molecular weight is 426 g/mol. The summed E-state index contributed by atoms with van der Waals surface area (Å²) in [4.78, 5) is 27.8. The fourth-order valence-electron chi connectivity index (χ4n) is 3.62. The number of nitrogens with one attached hydrogen (secondary N) is 2. The molecular weight excluding hydrogens is 398 g/mol. The van der Waals surface area contributed by atoms with Crippen LogP contribution in [0.3, 0.4) is 0 Å². The highest BCUT2D eigenvalue weighted by Crippen LogP contribution is 2.31. The Morgan fingerprint density at radius 2 is 1.87 bits per heavy atom. The molecule has 5 nitrogen and oxygen atoms in total. The molecule has 1 aliphatic heterocycles. The Morgan fingerprint density at radius 1 is 1.13 bits per heavy atom. The van der Waals surface area contributed by atoms with Crippen LogP contribution < -0.4 is 15.5 Å². The molecule has 0 radical (unpaired) electrons. The van der Waals surface area contributed by atoms with E-state index in [1.54, 1.807) is 19.9 Å². The molecule has 2 aliphatic rings. The summed E-state index contributed by atoms with van der Waals surface area (Å²) in [6.45, 7) is 5.22. The number of nitrogens with zero attached hydrogens (tertiary/aromatic N) is 1. The molecule has 158 valence electrons. The zero-order valence-electron chi connectivity index (χ0n) is 17.5. The Kier molecular flexibility index (Phi) is 5.74. The molecular formula is C24H28ClN3O2. The second-order valence-corrected chi connectivity index (χ2v) is 9.16. The summed E-state index contributed by atoms with van der Waals surface area (Å²) < 4.78 is 0. The van der Waals surface area contributed by atoms with Crippen molar-refractivity contribution in [2.75, 3.05) is 22.6 Å². The van der Waals surface area contributed by atoms with Crippen LogP contribution in [0.2, 0.25) is 0 Å². The van der Waals surface area contributed by atoms with Gasteiger partial charge in [0.2, 0.25) is 5.91 Å². The summed E-state index contributed by atoms with van der Waals surface area (Å²) in [7, 11) is 0. The van der Waals surface area contributed by atoms with Crippen molar-refractivity contribution in [3.05, 3.63) is 59.2 Å². The molecule has 4 rings (SSSR count). The number of hydrogen-bond acceptors (Lipinski definition) is 3. The number of fused-ring (bicyclic) bond motifs is 1. The molecule has 0 saturated heterocycles. The fourth-order valence-corrected chi connectivity index (χ4v) is 3.75. The smallest absolute Gasteiger partial charge is 0.253 e. The lowest BCUT2D eigenvalue weighted by Gasteiger charge is -2.32. The van der Waals surface area contributed by atoms with E-state index in [2.05, 4.69) is 39.8 Å². The molecule has 30 heavy (non-hydrogen) atoms. The first kappa shape index (κ1) is 20.7. The summed E-state index contributed by atoms with van der Waals surface area (Å²) >= 11 is 5.94. The number of alkyl halides is 1. The van der Waals surface area contributed by atoms with Crippen LogP contribution in [0.1, 0.15) is 48.2 Å². The molecule has 2 N–H and O–H groups in total. The Labute approximate surface area is 182 Å². The minimum atomic E-state index is -0.687. The van der Waals surface area contributed by atoms with E-state index in [0.717, 1.165) is 38.0 Å². The summed E-state index contributed by atoms with van der Waals surface area (Å²) in [5.74, 6) is -0.0242. The van der Waals surface area contributed by atoms with Crippen molar-refractivity contribution < 1.29 is 9.59 Å². The summed E-state index contributed by atoms with van der Waals surface area (Å²) in [6, 6.07) is 14.3. The van der Waals surface area contributed by atoms with Gasteiger partial charge in [-0.15, -0.1) is 11.6 Å². The Hall–Kier alpha value is -2.53. The summed E-state index contributed by atoms with van der Waals surface area (Å²) in [6.07, 6.45) is 3.00. The van der Waals surface area contributed by atoms with Crippen LogP contribution in [0.5, 0.6) is 0 Å². The molecule has 2 aromatic rings. The van der Waals surface area contributed by atoms with Gasteiger partial charge in [-0.25, -0.2) is 0 Å². The second kappa shape index (κ2) is 8.31. The van der Waals surface area contributed by atoms with Gasteiger partial charge in [-0.05, 0) is 62.4 Å².